The molecule has 1 saturated heterocycles. The van der Waals surface area contributed by atoms with E-state index in [1.807, 2.05) is 0 Å². The number of thioether (sulfide) groups is 2. The number of furan rings is 1. The Hall–Kier alpha value is -1.55. The number of hydrogen-bond acceptors (Lipinski definition) is 7. The van der Waals surface area contributed by atoms with Gasteiger partial charge < -0.3 is 15.3 Å². The Morgan fingerprint density at radius 1 is 1.55 bits per heavy atom. The minimum atomic E-state index is -1.16. The predicted octanol–water partition coefficient (Wildman–Crippen LogP) is 0.836. The molecule has 9 heteroatoms. The molecule has 0 saturated carbocycles. The average molecular weight is 341 g/mol. The first-order valence-corrected chi connectivity index (χ1v) is 8.46. The Morgan fingerprint density at radius 2 is 2.32 bits per heavy atom. The van der Waals surface area contributed by atoms with E-state index in [4.69, 9.17) is 10.2 Å². The number of quaternary nitrogens is 1. The molecular weight excluding hydrogens is 328 g/mol. The van der Waals surface area contributed by atoms with Crippen molar-refractivity contribution in [1.29, 1.82) is 0 Å². The first-order chi connectivity index (χ1) is 10.5. The van der Waals surface area contributed by atoms with Gasteiger partial charge in [-0.15, -0.1) is 0 Å². The molecule has 3 N–H and O–H groups in total. The number of aliphatic carboxylic acids is 1. The van der Waals surface area contributed by atoms with Crippen molar-refractivity contribution in [3.8, 4) is 0 Å². The molecule has 3 heterocycles. The van der Waals surface area contributed by atoms with Gasteiger partial charge in [0.05, 0.1) is 6.26 Å². The largest absolute Gasteiger partial charge is 0.474 e. The third-order valence-corrected chi connectivity index (χ3v) is 6.09. The van der Waals surface area contributed by atoms with Crippen molar-refractivity contribution in [3.63, 3.8) is 0 Å². The fraction of sp³-hybridized carbons (Fsp3) is 0.308. The van der Waals surface area contributed by atoms with E-state index in [-0.39, 0.29) is 33.7 Å². The topological polar surface area (TPSA) is 111 Å². The van der Waals surface area contributed by atoms with Crippen LogP contribution in [-0.2, 0) is 9.59 Å². The molecule has 0 bridgehead atoms. The number of amides is 1. The van der Waals surface area contributed by atoms with Gasteiger partial charge in [0.2, 0.25) is 5.70 Å². The van der Waals surface area contributed by atoms with Gasteiger partial charge in [0.1, 0.15) is 5.88 Å². The number of rotatable bonds is 4. The number of nitrogens with zero attached hydrogens (tertiary/aromatic N) is 1. The predicted molar refractivity (Wildman–Crippen MR) is 80.7 cm³/mol. The summed E-state index contributed by atoms with van der Waals surface area (Å²) in [4.78, 5) is 35.8. The third kappa shape index (κ3) is 2.12. The first-order valence-electron chi connectivity index (χ1n) is 6.42. The molecule has 2 aliphatic heterocycles. The molecule has 0 radical (unpaired) electrons. The SMILES string of the molecule is NC1C(=O)[N+]2(CSC(=O)c3ccco3)C(C(=O)O)=CCS[C@@H]12. The molecule has 7 nitrogen and oxygen atoms in total. The van der Waals surface area contributed by atoms with E-state index < -0.39 is 16.5 Å². The van der Waals surface area contributed by atoms with Gasteiger partial charge in [-0.3, -0.25) is 4.79 Å². The Morgan fingerprint density at radius 3 is 2.95 bits per heavy atom. The number of carboxylic acids is 1. The number of carboxylic acid groups (broad SMARTS) is 1. The standard InChI is InChI=1S/C13H12N2O5S2/c14-9-10(16)15(6-22-13(19)8-2-1-4-20-8)7(12(17)18)3-5-21-11(9)15/h1-4,9,11H,5-6,14H2/p+1/t9?,11-,15?/m0/s1. The van der Waals surface area contributed by atoms with Crippen LogP contribution < -0.4 is 5.73 Å². The molecule has 22 heavy (non-hydrogen) atoms. The van der Waals surface area contributed by atoms with Gasteiger partial charge in [-0.2, -0.15) is 4.48 Å². The van der Waals surface area contributed by atoms with Gasteiger partial charge in [-0.25, -0.2) is 9.59 Å². The van der Waals surface area contributed by atoms with Crippen LogP contribution >= 0.6 is 23.5 Å². The van der Waals surface area contributed by atoms with Crippen LogP contribution in [-0.4, -0.2) is 49.6 Å². The van der Waals surface area contributed by atoms with E-state index in [1.54, 1.807) is 6.07 Å². The van der Waals surface area contributed by atoms with Crippen molar-refractivity contribution < 1.29 is 28.4 Å². The Bertz CT molecular complexity index is 672. The molecule has 116 valence electrons. The van der Waals surface area contributed by atoms with Crippen LogP contribution in [0.2, 0.25) is 0 Å². The van der Waals surface area contributed by atoms with Crippen molar-refractivity contribution in [2.75, 3.05) is 11.6 Å². The normalized spacial score (nSPS) is 30.2. The first kappa shape index (κ1) is 15.3. The fourth-order valence-corrected chi connectivity index (χ4v) is 5.09. The minimum Gasteiger partial charge on any atom is -0.474 e. The van der Waals surface area contributed by atoms with E-state index in [1.165, 1.54) is 30.2 Å². The van der Waals surface area contributed by atoms with E-state index in [2.05, 4.69) is 0 Å². The number of carbonyl (C=O) groups is 3. The second-order valence-corrected chi connectivity index (χ2v) is 6.96. The molecule has 1 aromatic rings. The second-order valence-electron chi connectivity index (χ2n) is 4.89. The molecule has 1 aromatic heterocycles. The summed E-state index contributed by atoms with van der Waals surface area (Å²) >= 11 is 2.30. The lowest BCUT2D eigenvalue weighted by Crippen LogP contribution is -2.79. The van der Waals surface area contributed by atoms with Gasteiger partial charge in [-0.05, 0) is 30.0 Å². The van der Waals surface area contributed by atoms with E-state index in [9.17, 15) is 19.5 Å². The number of hydrogen-bond donors (Lipinski definition) is 2. The maximum absolute atomic E-state index is 12.3. The number of β-lactam (4-membered cyclic amide) rings is 1. The highest BCUT2D eigenvalue weighted by molar-refractivity contribution is 8.14. The zero-order valence-electron chi connectivity index (χ0n) is 11.3. The third-order valence-electron chi connectivity index (χ3n) is 3.73. The van der Waals surface area contributed by atoms with Gasteiger partial charge in [0.15, 0.2) is 17.2 Å². The average Bonchev–Trinajstić information content (AvgIpc) is 3.05. The van der Waals surface area contributed by atoms with Crippen LogP contribution in [0.25, 0.3) is 0 Å². The zero-order valence-corrected chi connectivity index (χ0v) is 12.9. The summed E-state index contributed by atoms with van der Waals surface area (Å²) in [6, 6.07) is 2.41. The lowest BCUT2D eigenvalue weighted by molar-refractivity contribution is -0.840. The van der Waals surface area contributed by atoms with Crippen LogP contribution in [0.15, 0.2) is 34.6 Å². The van der Waals surface area contributed by atoms with Crippen molar-refractivity contribution in [2.45, 2.75) is 11.4 Å². The Kier molecular flexibility index (Phi) is 3.89. The van der Waals surface area contributed by atoms with Crippen LogP contribution in [0.1, 0.15) is 10.6 Å². The van der Waals surface area contributed by atoms with E-state index >= 15 is 0 Å². The summed E-state index contributed by atoms with van der Waals surface area (Å²) in [5.41, 5.74) is 5.80. The molecule has 1 amide bonds. The van der Waals surface area contributed by atoms with Crippen molar-refractivity contribution >= 4 is 40.5 Å². The van der Waals surface area contributed by atoms with Crippen LogP contribution in [0.3, 0.4) is 0 Å². The second kappa shape index (κ2) is 5.58. The quantitative estimate of drug-likeness (QED) is 0.612. The van der Waals surface area contributed by atoms with Crippen LogP contribution in [0, 0.1) is 0 Å². The molecule has 3 rings (SSSR count). The summed E-state index contributed by atoms with van der Waals surface area (Å²) in [5, 5.41) is 8.68. The molecule has 0 aromatic carbocycles. The summed E-state index contributed by atoms with van der Waals surface area (Å²) in [7, 11) is 0. The molecule has 2 aliphatic rings. The van der Waals surface area contributed by atoms with Gasteiger partial charge in [-0.1, -0.05) is 11.8 Å². The maximum atomic E-state index is 12.3. The Labute approximate surface area is 134 Å². The fourth-order valence-electron chi connectivity index (χ4n) is 2.67. The van der Waals surface area contributed by atoms with Gasteiger partial charge >= 0.3 is 11.9 Å². The molecular formula is C13H13N2O5S2+. The summed E-state index contributed by atoms with van der Waals surface area (Å²) in [6.45, 7) is 0. The lowest BCUT2D eigenvalue weighted by Gasteiger charge is -2.52. The minimum absolute atomic E-state index is 0.00185. The van der Waals surface area contributed by atoms with Gasteiger partial charge in [0, 0.05) is 5.75 Å². The molecule has 1 fully saturated rings. The Balaban J connectivity index is 1.85. The van der Waals surface area contributed by atoms with E-state index in [0.29, 0.717) is 5.75 Å². The van der Waals surface area contributed by atoms with Crippen molar-refractivity contribution in [1.82, 2.24) is 0 Å². The molecule has 0 aliphatic carbocycles. The molecule has 3 atom stereocenters. The molecule has 0 spiro atoms. The number of fused-ring (bicyclic) bond motifs is 1. The maximum Gasteiger partial charge on any atom is 0.390 e. The monoisotopic (exact) mass is 341 g/mol. The summed E-state index contributed by atoms with van der Waals surface area (Å²) in [6.07, 6.45) is 2.90. The van der Waals surface area contributed by atoms with E-state index in [0.717, 1.165) is 11.8 Å². The van der Waals surface area contributed by atoms with Gasteiger partial charge in [0.25, 0.3) is 5.12 Å². The number of carbonyl (C=O) groups excluding carboxylic acids is 2. The molecule has 2 unspecified atom stereocenters. The van der Waals surface area contributed by atoms with Crippen LogP contribution in [0.5, 0.6) is 0 Å². The number of nitrogens with two attached hydrogens (primary N) is 1. The highest BCUT2D eigenvalue weighted by Crippen LogP contribution is 2.46. The van der Waals surface area contributed by atoms with Crippen molar-refractivity contribution in [3.05, 3.63) is 35.9 Å². The lowest BCUT2D eigenvalue weighted by atomic mass is 10.0. The highest BCUT2D eigenvalue weighted by atomic mass is 32.2. The smallest absolute Gasteiger partial charge is 0.390 e. The van der Waals surface area contributed by atoms with Crippen molar-refractivity contribution in [2.24, 2.45) is 5.73 Å². The highest BCUT2D eigenvalue weighted by Gasteiger charge is 2.67. The van der Waals surface area contributed by atoms with Crippen LogP contribution in [0.4, 0.5) is 0 Å². The summed E-state index contributed by atoms with van der Waals surface area (Å²) in [5.74, 6) is -0.865. The summed E-state index contributed by atoms with van der Waals surface area (Å²) < 4.78 is 4.62. The zero-order chi connectivity index (χ0) is 15.9.